The highest BCUT2D eigenvalue weighted by molar-refractivity contribution is 5.94. The third-order valence-electron chi connectivity index (χ3n) is 3.43. The van der Waals surface area contributed by atoms with E-state index in [2.05, 4.69) is 5.32 Å². The van der Waals surface area contributed by atoms with Crippen molar-refractivity contribution in [2.75, 3.05) is 7.11 Å². The number of carboxylic acid groups (broad SMARTS) is 1. The first-order valence-corrected chi connectivity index (χ1v) is 7.12. The Morgan fingerprint density at radius 1 is 1.23 bits per heavy atom. The summed E-state index contributed by atoms with van der Waals surface area (Å²) in [5.74, 6) is -0.870. The molecule has 0 heterocycles. The SMILES string of the molecule is COc1cc(C)c(/C=C/C(=O)NC(C(=O)O)C(C)C)c(C)c1. The fourth-order valence-corrected chi connectivity index (χ4v) is 2.19. The molecule has 120 valence electrons. The molecule has 0 aliphatic rings. The molecule has 5 nitrogen and oxygen atoms in total. The lowest BCUT2D eigenvalue weighted by Crippen LogP contribution is -2.43. The first-order valence-electron chi connectivity index (χ1n) is 7.12. The topological polar surface area (TPSA) is 75.6 Å². The average molecular weight is 305 g/mol. The number of amides is 1. The Morgan fingerprint density at radius 3 is 2.18 bits per heavy atom. The van der Waals surface area contributed by atoms with Crippen molar-refractivity contribution in [3.8, 4) is 5.75 Å². The zero-order valence-corrected chi connectivity index (χ0v) is 13.6. The highest BCUT2D eigenvalue weighted by Crippen LogP contribution is 2.22. The monoisotopic (exact) mass is 305 g/mol. The number of rotatable bonds is 6. The van der Waals surface area contributed by atoms with Gasteiger partial charge in [-0.15, -0.1) is 0 Å². The van der Waals surface area contributed by atoms with Crippen LogP contribution in [0.1, 0.15) is 30.5 Å². The fourth-order valence-electron chi connectivity index (χ4n) is 2.19. The van der Waals surface area contributed by atoms with Gasteiger partial charge in [0.15, 0.2) is 0 Å². The number of benzene rings is 1. The van der Waals surface area contributed by atoms with E-state index in [0.717, 1.165) is 22.4 Å². The number of hydrogen-bond acceptors (Lipinski definition) is 3. The highest BCUT2D eigenvalue weighted by Gasteiger charge is 2.22. The molecule has 0 spiro atoms. The van der Waals surface area contributed by atoms with E-state index < -0.39 is 17.9 Å². The Kier molecular flexibility index (Phi) is 6.16. The van der Waals surface area contributed by atoms with Crippen LogP contribution in [0.4, 0.5) is 0 Å². The van der Waals surface area contributed by atoms with Crippen molar-refractivity contribution >= 4 is 18.0 Å². The molecule has 0 aliphatic heterocycles. The van der Waals surface area contributed by atoms with Crippen molar-refractivity contribution in [2.45, 2.75) is 33.7 Å². The largest absolute Gasteiger partial charge is 0.497 e. The summed E-state index contributed by atoms with van der Waals surface area (Å²) in [6, 6.07) is 2.88. The summed E-state index contributed by atoms with van der Waals surface area (Å²) >= 11 is 0. The molecule has 1 aromatic rings. The molecule has 22 heavy (non-hydrogen) atoms. The maximum Gasteiger partial charge on any atom is 0.326 e. The summed E-state index contributed by atoms with van der Waals surface area (Å²) in [7, 11) is 1.61. The summed E-state index contributed by atoms with van der Waals surface area (Å²) < 4.78 is 5.19. The zero-order valence-electron chi connectivity index (χ0n) is 13.6. The predicted molar refractivity (Wildman–Crippen MR) is 85.9 cm³/mol. The van der Waals surface area contributed by atoms with Crippen LogP contribution in [0.2, 0.25) is 0 Å². The fraction of sp³-hybridized carbons (Fsp3) is 0.412. The summed E-state index contributed by atoms with van der Waals surface area (Å²) in [6.45, 7) is 7.36. The summed E-state index contributed by atoms with van der Waals surface area (Å²) in [5.41, 5.74) is 2.89. The van der Waals surface area contributed by atoms with Crippen LogP contribution in [0.5, 0.6) is 5.75 Å². The van der Waals surface area contributed by atoms with Crippen molar-refractivity contribution in [3.05, 3.63) is 34.9 Å². The molecule has 0 radical (unpaired) electrons. The predicted octanol–water partition coefficient (Wildman–Crippen LogP) is 2.55. The van der Waals surface area contributed by atoms with Crippen molar-refractivity contribution < 1.29 is 19.4 Å². The molecule has 0 aliphatic carbocycles. The Hall–Kier alpha value is -2.30. The summed E-state index contributed by atoms with van der Waals surface area (Å²) in [6.07, 6.45) is 3.05. The molecule has 0 saturated heterocycles. The number of ether oxygens (including phenoxy) is 1. The first kappa shape index (κ1) is 17.8. The number of hydrogen-bond donors (Lipinski definition) is 2. The second kappa shape index (κ2) is 7.64. The van der Waals surface area contributed by atoms with E-state index in [1.165, 1.54) is 6.08 Å². The third-order valence-corrected chi connectivity index (χ3v) is 3.43. The minimum atomic E-state index is -1.03. The van der Waals surface area contributed by atoms with Crippen LogP contribution in [0.15, 0.2) is 18.2 Å². The lowest BCUT2D eigenvalue weighted by atomic mass is 10.0. The molecule has 0 aromatic heterocycles. The van der Waals surface area contributed by atoms with Gasteiger partial charge in [-0.25, -0.2) is 4.79 Å². The van der Waals surface area contributed by atoms with E-state index in [4.69, 9.17) is 9.84 Å². The van der Waals surface area contributed by atoms with Gasteiger partial charge in [0.05, 0.1) is 7.11 Å². The van der Waals surface area contributed by atoms with Gasteiger partial charge < -0.3 is 15.2 Å². The van der Waals surface area contributed by atoms with E-state index in [1.54, 1.807) is 27.0 Å². The molecule has 2 N–H and O–H groups in total. The van der Waals surface area contributed by atoms with Gasteiger partial charge in [-0.1, -0.05) is 13.8 Å². The molecule has 1 rings (SSSR count). The third kappa shape index (κ3) is 4.62. The lowest BCUT2D eigenvalue weighted by Gasteiger charge is -2.16. The molecular formula is C17H23NO4. The quantitative estimate of drug-likeness (QED) is 0.792. The Labute approximate surface area is 131 Å². The Bertz CT molecular complexity index is 567. The van der Waals surface area contributed by atoms with Crippen LogP contribution in [0, 0.1) is 19.8 Å². The summed E-state index contributed by atoms with van der Waals surface area (Å²) in [4.78, 5) is 23.0. The van der Waals surface area contributed by atoms with Gasteiger partial charge in [0.1, 0.15) is 11.8 Å². The Balaban J connectivity index is 2.88. The maximum absolute atomic E-state index is 11.9. The van der Waals surface area contributed by atoms with E-state index in [9.17, 15) is 9.59 Å². The number of nitrogens with one attached hydrogen (secondary N) is 1. The molecule has 1 amide bonds. The van der Waals surface area contributed by atoms with Crippen molar-refractivity contribution in [1.82, 2.24) is 5.32 Å². The van der Waals surface area contributed by atoms with E-state index in [-0.39, 0.29) is 5.92 Å². The van der Waals surface area contributed by atoms with Gasteiger partial charge in [-0.05, 0) is 54.7 Å². The van der Waals surface area contributed by atoms with Crippen LogP contribution in [0.25, 0.3) is 6.08 Å². The van der Waals surface area contributed by atoms with E-state index in [1.807, 2.05) is 26.0 Å². The normalized spacial score (nSPS) is 12.5. The minimum absolute atomic E-state index is 0.181. The molecule has 5 heteroatoms. The second-order valence-corrected chi connectivity index (χ2v) is 5.58. The van der Waals surface area contributed by atoms with Crippen molar-refractivity contribution in [3.63, 3.8) is 0 Å². The number of carboxylic acids is 1. The smallest absolute Gasteiger partial charge is 0.326 e. The van der Waals surface area contributed by atoms with Crippen LogP contribution < -0.4 is 10.1 Å². The number of aryl methyl sites for hydroxylation is 2. The first-order chi connectivity index (χ1) is 10.3. The van der Waals surface area contributed by atoms with Crippen molar-refractivity contribution in [2.24, 2.45) is 5.92 Å². The van der Waals surface area contributed by atoms with Gasteiger partial charge in [-0.2, -0.15) is 0 Å². The number of methoxy groups -OCH3 is 1. The van der Waals surface area contributed by atoms with Crippen LogP contribution >= 0.6 is 0 Å². The second-order valence-electron chi connectivity index (χ2n) is 5.58. The average Bonchev–Trinajstić information content (AvgIpc) is 2.42. The highest BCUT2D eigenvalue weighted by atomic mass is 16.5. The van der Waals surface area contributed by atoms with Gasteiger partial charge in [0.2, 0.25) is 5.91 Å². The van der Waals surface area contributed by atoms with E-state index >= 15 is 0 Å². The van der Waals surface area contributed by atoms with Gasteiger partial charge in [0, 0.05) is 6.08 Å². The molecule has 1 atom stereocenters. The molecular weight excluding hydrogens is 282 g/mol. The maximum atomic E-state index is 11.9. The molecule has 0 bridgehead atoms. The summed E-state index contributed by atoms with van der Waals surface area (Å²) in [5, 5.41) is 11.6. The standard InChI is InChI=1S/C17H23NO4/c1-10(2)16(17(20)21)18-15(19)7-6-14-11(3)8-13(22-5)9-12(14)4/h6-10,16H,1-5H3,(H,18,19)(H,20,21)/b7-6+. The Morgan fingerprint density at radius 2 is 1.77 bits per heavy atom. The van der Waals surface area contributed by atoms with Crippen LogP contribution in [-0.2, 0) is 9.59 Å². The van der Waals surface area contributed by atoms with Crippen LogP contribution in [0.3, 0.4) is 0 Å². The zero-order chi connectivity index (χ0) is 16.9. The minimum Gasteiger partial charge on any atom is -0.497 e. The van der Waals surface area contributed by atoms with Gasteiger partial charge in [0.25, 0.3) is 0 Å². The van der Waals surface area contributed by atoms with Crippen molar-refractivity contribution in [1.29, 1.82) is 0 Å². The number of carbonyl (C=O) groups is 2. The lowest BCUT2D eigenvalue weighted by molar-refractivity contribution is -0.142. The molecule has 1 unspecified atom stereocenters. The van der Waals surface area contributed by atoms with Gasteiger partial charge in [-0.3, -0.25) is 4.79 Å². The number of aliphatic carboxylic acids is 1. The molecule has 1 aromatic carbocycles. The van der Waals surface area contributed by atoms with Crippen LogP contribution in [-0.4, -0.2) is 30.1 Å². The van der Waals surface area contributed by atoms with E-state index in [0.29, 0.717) is 0 Å². The molecule has 0 saturated carbocycles. The molecule has 0 fully saturated rings. The van der Waals surface area contributed by atoms with Gasteiger partial charge >= 0.3 is 5.97 Å². The number of carbonyl (C=O) groups excluding carboxylic acids is 1.